The summed E-state index contributed by atoms with van der Waals surface area (Å²) in [5.41, 5.74) is 2.71. The van der Waals surface area contributed by atoms with E-state index in [2.05, 4.69) is 67.5 Å². The molecule has 0 heteroatoms. The first-order valence-corrected chi connectivity index (χ1v) is 6.74. The lowest BCUT2D eigenvalue weighted by molar-refractivity contribution is 1.09. The average Bonchev–Trinajstić information content (AvgIpc) is 2.20. The SMILES string of the molecule is CC.CC(C)=CC=C(C)C.CCC.CCC. The zero-order chi connectivity index (χ0) is 14.0. The zero-order valence-electron chi connectivity index (χ0n) is 13.6. The van der Waals surface area contributed by atoms with Gasteiger partial charge in [0.05, 0.1) is 0 Å². The van der Waals surface area contributed by atoms with Crippen LogP contribution in [-0.2, 0) is 0 Å². The van der Waals surface area contributed by atoms with E-state index in [-0.39, 0.29) is 0 Å². The molecule has 0 aromatic heterocycles. The molecule has 0 saturated heterocycles. The van der Waals surface area contributed by atoms with Crippen LogP contribution in [0.1, 0.15) is 82.1 Å². The minimum Gasteiger partial charge on any atom is -0.0764 e. The minimum absolute atomic E-state index is 1.25. The summed E-state index contributed by atoms with van der Waals surface area (Å²) in [6, 6.07) is 0. The zero-order valence-corrected chi connectivity index (χ0v) is 13.6. The molecule has 0 aliphatic rings. The maximum absolute atomic E-state index is 2.12. The van der Waals surface area contributed by atoms with E-state index in [1.165, 1.54) is 24.0 Å². The smallest absolute Gasteiger partial charge is 0.0439 e. The Balaban J connectivity index is -0.0000000752. The maximum Gasteiger partial charge on any atom is -0.0439 e. The first kappa shape index (κ1) is 24.6. The maximum atomic E-state index is 2.12. The van der Waals surface area contributed by atoms with Gasteiger partial charge in [-0.1, -0.05) is 77.7 Å². The van der Waals surface area contributed by atoms with Crippen LogP contribution in [0.3, 0.4) is 0 Å². The van der Waals surface area contributed by atoms with Gasteiger partial charge in [-0.25, -0.2) is 0 Å². The third-order valence-electron chi connectivity index (χ3n) is 0.750. The molecule has 0 amide bonds. The van der Waals surface area contributed by atoms with Gasteiger partial charge in [0.2, 0.25) is 0 Å². The van der Waals surface area contributed by atoms with Gasteiger partial charge in [0.25, 0.3) is 0 Å². The van der Waals surface area contributed by atoms with Gasteiger partial charge in [-0.2, -0.15) is 0 Å². The van der Waals surface area contributed by atoms with E-state index in [1.54, 1.807) is 0 Å². The summed E-state index contributed by atoms with van der Waals surface area (Å²) in [6.07, 6.45) is 6.74. The lowest BCUT2D eigenvalue weighted by atomic mass is 10.2. The lowest BCUT2D eigenvalue weighted by Gasteiger charge is -1.84. The fourth-order valence-corrected chi connectivity index (χ4v) is 0.333. The molecule has 0 heterocycles. The van der Waals surface area contributed by atoms with Crippen molar-refractivity contribution in [3.8, 4) is 0 Å². The van der Waals surface area contributed by atoms with E-state index in [1.807, 2.05) is 13.8 Å². The first-order valence-electron chi connectivity index (χ1n) is 6.74. The normalized spacial score (nSPS) is 6.62. The molecule has 0 aliphatic carbocycles. The second kappa shape index (κ2) is 29.3. The van der Waals surface area contributed by atoms with Crippen molar-refractivity contribution in [3.63, 3.8) is 0 Å². The van der Waals surface area contributed by atoms with E-state index < -0.39 is 0 Å². The van der Waals surface area contributed by atoms with Crippen LogP contribution in [0, 0.1) is 0 Å². The van der Waals surface area contributed by atoms with Crippen LogP contribution in [0.4, 0.5) is 0 Å². The summed E-state index contributed by atoms with van der Waals surface area (Å²) in [4.78, 5) is 0. The third-order valence-corrected chi connectivity index (χ3v) is 0.750. The molecule has 0 aliphatic heterocycles. The van der Waals surface area contributed by atoms with E-state index in [9.17, 15) is 0 Å². The van der Waals surface area contributed by atoms with Crippen molar-refractivity contribution in [3.05, 3.63) is 23.3 Å². The highest BCUT2D eigenvalue weighted by atomic mass is 13.8. The van der Waals surface area contributed by atoms with Crippen molar-refractivity contribution >= 4 is 0 Å². The molecule has 0 rings (SSSR count). The molecular weight excluding hydrogens is 192 g/mol. The quantitative estimate of drug-likeness (QED) is 0.434. The first-order chi connectivity index (χ1) is 7.45. The fourth-order valence-electron chi connectivity index (χ4n) is 0.333. The van der Waals surface area contributed by atoms with Gasteiger partial charge < -0.3 is 0 Å². The second-order valence-corrected chi connectivity index (χ2v) is 3.90. The molecule has 16 heavy (non-hydrogen) atoms. The van der Waals surface area contributed by atoms with Crippen LogP contribution >= 0.6 is 0 Å². The van der Waals surface area contributed by atoms with Crippen molar-refractivity contribution < 1.29 is 0 Å². The van der Waals surface area contributed by atoms with Gasteiger partial charge in [0, 0.05) is 0 Å². The Hall–Kier alpha value is -0.520. The van der Waals surface area contributed by atoms with Gasteiger partial charge in [0.1, 0.15) is 0 Å². The number of rotatable bonds is 1. The fraction of sp³-hybridized carbons (Fsp3) is 0.750. The van der Waals surface area contributed by atoms with Crippen molar-refractivity contribution in [1.82, 2.24) is 0 Å². The van der Waals surface area contributed by atoms with E-state index in [4.69, 9.17) is 0 Å². The lowest BCUT2D eigenvalue weighted by Crippen LogP contribution is -1.62. The molecule has 0 nitrogen and oxygen atoms in total. The Bertz CT molecular complexity index is 112. The Morgan fingerprint density at radius 2 is 0.750 bits per heavy atom. The highest BCUT2D eigenvalue weighted by Gasteiger charge is 1.71. The van der Waals surface area contributed by atoms with Crippen LogP contribution in [0.15, 0.2) is 23.3 Å². The topological polar surface area (TPSA) is 0 Å². The highest BCUT2D eigenvalue weighted by molar-refractivity contribution is 5.12. The Labute approximate surface area is 106 Å². The van der Waals surface area contributed by atoms with E-state index >= 15 is 0 Å². The van der Waals surface area contributed by atoms with Crippen LogP contribution in [-0.4, -0.2) is 0 Å². The molecule has 0 bridgehead atoms. The summed E-state index contributed by atoms with van der Waals surface area (Å²) in [5, 5.41) is 0. The van der Waals surface area contributed by atoms with Crippen molar-refractivity contribution in [2.45, 2.75) is 82.1 Å². The van der Waals surface area contributed by atoms with E-state index in [0.29, 0.717) is 0 Å². The Kier molecular flexibility index (Phi) is 45.1. The molecule has 0 radical (unpaired) electrons. The van der Waals surface area contributed by atoms with Gasteiger partial charge in [-0.05, 0) is 27.7 Å². The third kappa shape index (κ3) is 105. The van der Waals surface area contributed by atoms with Crippen molar-refractivity contribution in [2.24, 2.45) is 0 Å². The minimum atomic E-state index is 1.25. The molecule has 0 spiro atoms. The molecule has 0 atom stereocenters. The van der Waals surface area contributed by atoms with Crippen LogP contribution in [0.2, 0.25) is 0 Å². The predicted octanol–water partition coefficient (Wildman–Crippen LogP) is 6.78. The molecule has 0 N–H and O–H groups in total. The number of hydrogen-bond donors (Lipinski definition) is 0. The molecule has 0 aromatic carbocycles. The average molecular weight is 228 g/mol. The second-order valence-electron chi connectivity index (χ2n) is 3.90. The molecule has 0 unspecified atom stereocenters. The van der Waals surface area contributed by atoms with Gasteiger partial charge in [-0.15, -0.1) is 0 Å². The van der Waals surface area contributed by atoms with Crippen LogP contribution in [0.5, 0.6) is 0 Å². The Morgan fingerprint density at radius 3 is 0.812 bits per heavy atom. The summed E-state index contributed by atoms with van der Waals surface area (Å²) in [6.45, 7) is 20.9. The highest BCUT2D eigenvalue weighted by Crippen LogP contribution is 1.93. The molecule has 0 fully saturated rings. The summed E-state index contributed by atoms with van der Waals surface area (Å²) in [5.74, 6) is 0. The summed E-state index contributed by atoms with van der Waals surface area (Å²) in [7, 11) is 0. The van der Waals surface area contributed by atoms with Gasteiger partial charge in [0.15, 0.2) is 0 Å². The monoisotopic (exact) mass is 228 g/mol. The molecule has 100 valence electrons. The Morgan fingerprint density at radius 1 is 0.625 bits per heavy atom. The predicted molar refractivity (Wildman–Crippen MR) is 82.1 cm³/mol. The van der Waals surface area contributed by atoms with Crippen LogP contribution in [0.25, 0.3) is 0 Å². The van der Waals surface area contributed by atoms with Gasteiger partial charge >= 0.3 is 0 Å². The molecule has 0 aromatic rings. The van der Waals surface area contributed by atoms with Gasteiger partial charge in [-0.3, -0.25) is 0 Å². The summed E-state index contributed by atoms with van der Waals surface area (Å²) < 4.78 is 0. The summed E-state index contributed by atoms with van der Waals surface area (Å²) >= 11 is 0. The molecular formula is C16H36. The number of allylic oxidation sites excluding steroid dienone is 4. The van der Waals surface area contributed by atoms with E-state index in [0.717, 1.165) is 0 Å². The van der Waals surface area contributed by atoms with Crippen molar-refractivity contribution in [1.29, 1.82) is 0 Å². The molecule has 0 saturated carbocycles. The van der Waals surface area contributed by atoms with Crippen LogP contribution < -0.4 is 0 Å². The standard InChI is InChI=1S/C8H14.2C3H8.C2H6/c1-7(2)5-6-8(3)4;2*1-3-2;1-2/h5-6H,1-4H3;2*3H2,1-2H3;1-2H3. The largest absolute Gasteiger partial charge is 0.0764 e. The van der Waals surface area contributed by atoms with Crippen molar-refractivity contribution in [2.75, 3.05) is 0 Å². The number of hydrogen-bond acceptors (Lipinski definition) is 0.